The number of nitrogens with one attached hydrogen (secondary N) is 1. The summed E-state index contributed by atoms with van der Waals surface area (Å²) in [6, 6.07) is 5.50. The van der Waals surface area contributed by atoms with Crippen LogP contribution in [-0.4, -0.2) is 62.7 Å². The van der Waals surface area contributed by atoms with Gasteiger partial charge in [0.15, 0.2) is 17.3 Å². The first kappa shape index (κ1) is 20.5. The van der Waals surface area contributed by atoms with Crippen molar-refractivity contribution in [2.24, 2.45) is 0 Å². The SMILES string of the molecule is COc1cc(Nc2nc(N3CCOCC3)c3sc(CO)cc3n2)cc(OC)c1OC. The molecule has 0 radical (unpaired) electrons. The summed E-state index contributed by atoms with van der Waals surface area (Å²) in [5.74, 6) is 2.86. The number of aliphatic hydroxyl groups is 1. The lowest BCUT2D eigenvalue weighted by Gasteiger charge is -2.28. The third-order valence-electron chi connectivity index (χ3n) is 4.79. The number of aromatic nitrogens is 2. The minimum Gasteiger partial charge on any atom is -0.493 e. The summed E-state index contributed by atoms with van der Waals surface area (Å²) in [6.07, 6.45) is 0. The van der Waals surface area contributed by atoms with Crippen molar-refractivity contribution in [2.45, 2.75) is 6.61 Å². The second-order valence-electron chi connectivity index (χ2n) is 6.59. The van der Waals surface area contributed by atoms with Gasteiger partial charge in [0.25, 0.3) is 0 Å². The van der Waals surface area contributed by atoms with Gasteiger partial charge in [-0.15, -0.1) is 11.3 Å². The van der Waals surface area contributed by atoms with Crippen molar-refractivity contribution >= 4 is 39.0 Å². The average Bonchev–Trinajstić information content (AvgIpc) is 3.21. The zero-order valence-corrected chi connectivity index (χ0v) is 17.9. The van der Waals surface area contributed by atoms with Crippen molar-refractivity contribution in [3.63, 3.8) is 0 Å². The third kappa shape index (κ3) is 3.93. The van der Waals surface area contributed by atoms with E-state index in [9.17, 15) is 5.11 Å². The number of morpholine rings is 1. The molecule has 0 unspecified atom stereocenters. The summed E-state index contributed by atoms with van der Waals surface area (Å²) in [5.41, 5.74) is 1.49. The molecule has 0 spiro atoms. The molecule has 0 atom stereocenters. The van der Waals surface area contributed by atoms with Crippen LogP contribution in [0.4, 0.5) is 17.5 Å². The smallest absolute Gasteiger partial charge is 0.229 e. The first-order valence-corrected chi connectivity index (χ1v) is 10.3. The molecule has 0 amide bonds. The van der Waals surface area contributed by atoms with Crippen LogP contribution in [0.15, 0.2) is 18.2 Å². The van der Waals surface area contributed by atoms with Gasteiger partial charge in [-0.3, -0.25) is 0 Å². The first-order chi connectivity index (χ1) is 14.7. The van der Waals surface area contributed by atoms with Crippen LogP contribution in [0.25, 0.3) is 10.2 Å². The highest BCUT2D eigenvalue weighted by atomic mass is 32.1. The van der Waals surface area contributed by atoms with Gasteiger partial charge in [0.1, 0.15) is 0 Å². The molecule has 1 fully saturated rings. The topological polar surface area (TPSA) is 98.2 Å². The van der Waals surface area contributed by atoms with Gasteiger partial charge in [-0.2, -0.15) is 4.98 Å². The van der Waals surface area contributed by atoms with Gasteiger partial charge in [0.2, 0.25) is 11.7 Å². The highest BCUT2D eigenvalue weighted by Crippen LogP contribution is 2.41. The minimum absolute atomic E-state index is 0.0286. The number of hydrogen-bond acceptors (Lipinski definition) is 10. The normalized spacial score (nSPS) is 14.1. The van der Waals surface area contributed by atoms with Crippen LogP contribution in [-0.2, 0) is 11.3 Å². The largest absolute Gasteiger partial charge is 0.493 e. The van der Waals surface area contributed by atoms with Crippen LogP contribution in [0.2, 0.25) is 0 Å². The molecule has 1 aliphatic heterocycles. The van der Waals surface area contributed by atoms with Crippen LogP contribution in [0, 0.1) is 0 Å². The Balaban J connectivity index is 1.75. The van der Waals surface area contributed by atoms with E-state index in [-0.39, 0.29) is 6.61 Å². The zero-order valence-electron chi connectivity index (χ0n) is 17.1. The molecule has 1 saturated heterocycles. The summed E-state index contributed by atoms with van der Waals surface area (Å²) in [5, 5.41) is 12.8. The van der Waals surface area contributed by atoms with Gasteiger partial charge in [-0.1, -0.05) is 0 Å². The van der Waals surface area contributed by atoms with E-state index in [1.54, 1.807) is 33.5 Å². The Morgan fingerprint density at radius 2 is 1.77 bits per heavy atom. The molecule has 0 aliphatic carbocycles. The quantitative estimate of drug-likeness (QED) is 0.584. The van der Waals surface area contributed by atoms with E-state index in [4.69, 9.17) is 23.9 Å². The van der Waals surface area contributed by atoms with Crippen molar-refractivity contribution in [3.05, 3.63) is 23.1 Å². The van der Waals surface area contributed by atoms with E-state index in [0.29, 0.717) is 42.1 Å². The Morgan fingerprint density at radius 1 is 1.07 bits per heavy atom. The lowest BCUT2D eigenvalue weighted by atomic mass is 10.2. The molecule has 3 aromatic rings. The summed E-state index contributed by atoms with van der Waals surface area (Å²) in [6.45, 7) is 2.78. The Morgan fingerprint density at radius 3 is 2.37 bits per heavy atom. The van der Waals surface area contributed by atoms with Crippen LogP contribution in [0.3, 0.4) is 0 Å². The molecule has 9 nitrogen and oxygen atoms in total. The van der Waals surface area contributed by atoms with Crippen molar-refractivity contribution < 1.29 is 24.1 Å². The Kier molecular flexibility index (Phi) is 6.07. The highest BCUT2D eigenvalue weighted by molar-refractivity contribution is 7.19. The van der Waals surface area contributed by atoms with Crippen molar-refractivity contribution in [1.82, 2.24) is 9.97 Å². The number of fused-ring (bicyclic) bond motifs is 1. The maximum atomic E-state index is 9.58. The number of anilines is 3. The highest BCUT2D eigenvalue weighted by Gasteiger charge is 2.20. The lowest BCUT2D eigenvalue weighted by Crippen LogP contribution is -2.36. The molecule has 0 bridgehead atoms. The van der Waals surface area contributed by atoms with E-state index >= 15 is 0 Å². The van der Waals surface area contributed by atoms with E-state index in [1.807, 2.05) is 6.07 Å². The van der Waals surface area contributed by atoms with Gasteiger partial charge in [0.05, 0.1) is 51.4 Å². The van der Waals surface area contributed by atoms with Gasteiger partial charge in [-0.05, 0) is 6.07 Å². The van der Waals surface area contributed by atoms with E-state index in [0.717, 1.165) is 34.0 Å². The van der Waals surface area contributed by atoms with Crippen LogP contribution in [0.5, 0.6) is 17.2 Å². The molecule has 30 heavy (non-hydrogen) atoms. The summed E-state index contributed by atoms with van der Waals surface area (Å²) >= 11 is 1.51. The number of rotatable bonds is 7. The predicted octanol–water partition coefficient (Wildman–Crippen LogP) is 2.79. The molecule has 4 rings (SSSR count). The molecular weight excluding hydrogens is 408 g/mol. The summed E-state index contributed by atoms with van der Waals surface area (Å²) < 4.78 is 22.7. The van der Waals surface area contributed by atoms with Crippen LogP contribution >= 0.6 is 11.3 Å². The van der Waals surface area contributed by atoms with Crippen molar-refractivity contribution in [3.8, 4) is 17.2 Å². The number of aliphatic hydroxyl groups excluding tert-OH is 1. The number of thiophene rings is 1. The molecule has 1 aliphatic rings. The Hall–Kier alpha value is -2.82. The minimum atomic E-state index is -0.0286. The van der Waals surface area contributed by atoms with Crippen molar-refractivity contribution in [1.29, 1.82) is 0 Å². The molecule has 160 valence electrons. The number of ether oxygens (including phenoxy) is 4. The first-order valence-electron chi connectivity index (χ1n) is 9.48. The van der Waals surface area contributed by atoms with E-state index in [1.165, 1.54) is 11.3 Å². The van der Waals surface area contributed by atoms with Crippen molar-refractivity contribution in [2.75, 3.05) is 57.8 Å². The van der Waals surface area contributed by atoms with E-state index < -0.39 is 0 Å². The average molecular weight is 433 g/mol. The molecule has 1 aromatic carbocycles. The zero-order chi connectivity index (χ0) is 21.1. The predicted molar refractivity (Wildman–Crippen MR) is 116 cm³/mol. The summed E-state index contributed by atoms with van der Waals surface area (Å²) in [4.78, 5) is 12.5. The Labute approximate surface area is 178 Å². The third-order valence-corrected chi connectivity index (χ3v) is 5.90. The summed E-state index contributed by atoms with van der Waals surface area (Å²) in [7, 11) is 4.71. The maximum absolute atomic E-state index is 9.58. The Bertz CT molecular complexity index is 1010. The van der Waals surface area contributed by atoms with Crippen LogP contribution in [0.1, 0.15) is 4.88 Å². The number of benzene rings is 1. The standard InChI is InChI=1S/C20H24N4O5S/c1-26-15-8-12(9-16(27-2)17(15)28-3)21-20-22-14-10-13(11-25)30-18(14)19(23-20)24-4-6-29-7-5-24/h8-10,25H,4-7,11H2,1-3H3,(H,21,22,23). The van der Waals surface area contributed by atoms with Gasteiger partial charge in [0, 0.05) is 35.8 Å². The van der Waals surface area contributed by atoms with Gasteiger partial charge >= 0.3 is 0 Å². The monoisotopic (exact) mass is 432 g/mol. The van der Waals surface area contributed by atoms with Gasteiger partial charge < -0.3 is 34.3 Å². The molecule has 3 heterocycles. The molecule has 10 heteroatoms. The number of nitrogens with zero attached hydrogens (tertiary/aromatic N) is 3. The maximum Gasteiger partial charge on any atom is 0.229 e. The van der Waals surface area contributed by atoms with E-state index in [2.05, 4.69) is 15.2 Å². The van der Waals surface area contributed by atoms with Crippen LogP contribution < -0.4 is 24.4 Å². The van der Waals surface area contributed by atoms with Gasteiger partial charge in [-0.25, -0.2) is 4.98 Å². The fourth-order valence-corrected chi connectivity index (χ4v) is 4.34. The molecule has 2 N–H and O–H groups in total. The second-order valence-corrected chi connectivity index (χ2v) is 7.73. The molecule has 0 saturated carbocycles. The molecular formula is C20H24N4O5S. The number of methoxy groups -OCH3 is 3. The second kappa shape index (κ2) is 8.90. The number of hydrogen-bond donors (Lipinski definition) is 2. The lowest BCUT2D eigenvalue weighted by molar-refractivity contribution is 0.122. The fourth-order valence-electron chi connectivity index (χ4n) is 3.37. The fraction of sp³-hybridized carbons (Fsp3) is 0.400. The molecule has 2 aromatic heterocycles.